The van der Waals surface area contributed by atoms with Gasteiger partial charge in [-0.2, -0.15) is 0 Å². The molecular weight excluding hydrogens is 274 g/mol. The van der Waals surface area contributed by atoms with E-state index in [-0.39, 0.29) is 5.41 Å². The normalized spacial score (nSPS) is 14.8. The fraction of sp³-hybridized carbons (Fsp3) is 0.538. The molecule has 1 aromatic carbocycles. The van der Waals surface area contributed by atoms with E-state index in [1.807, 2.05) is 0 Å². The molecule has 0 heterocycles. The summed E-state index contributed by atoms with van der Waals surface area (Å²) in [5.74, 6) is -0.994. The lowest BCUT2D eigenvalue weighted by Crippen LogP contribution is -2.21. The van der Waals surface area contributed by atoms with Crippen molar-refractivity contribution in [3.63, 3.8) is 0 Å². The van der Waals surface area contributed by atoms with Crippen molar-refractivity contribution < 1.29 is 8.78 Å². The van der Waals surface area contributed by atoms with Crippen LogP contribution in [-0.4, -0.2) is 5.33 Å². The standard InChI is InChI=1S/C13H17BrF2/c1-3-4-13(2,9-14)8-10-5-11(15)7-12(16)6-10/h5-7H,3-4,8-9H2,1-2H3. The zero-order valence-electron chi connectivity index (χ0n) is 9.69. The maximum Gasteiger partial charge on any atom is 0.126 e. The Balaban J connectivity index is 2.85. The van der Waals surface area contributed by atoms with Gasteiger partial charge >= 0.3 is 0 Å². The topological polar surface area (TPSA) is 0 Å². The smallest absolute Gasteiger partial charge is 0.126 e. The van der Waals surface area contributed by atoms with E-state index >= 15 is 0 Å². The molecule has 1 unspecified atom stereocenters. The van der Waals surface area contributed by atoms with Crippen molar-refractivity contribution in [3.05, 3.63) is 35.4 Å². The second-order valence-electron chi connectivity index (χ2n) is 4.65. The molecule has 0 aromatic heterocycles. The Labute approximate surface area is 104 Å². The van der Waals surface area contributed by atoms with Crippen LogP contribution in [0.4, 0.5) is 8.78 Å². The van der Waals surface area contributed by atoms with E-state index in [9.17, 15) is 8.78 Å². The van der Waals surface area contributed by atoms with Crippen LogP contribution < -0.4 is 0 Å². The maximum atomic E-state index is 13.0. The highest BCUT2D eigenvalue weighted by Gasteiger charge is 2.22. The Morgan fingerprint density at radius 1 is 1.19 bits per heavy atom. The van der Waals surface area contributed by atoms with Gasteiger partial charge < -0.3 is 0 Å². The molecule has 90 valence electrons. The van der Waals surface area contributed by atoms with Gasteiger partial charge in [0, 0.05) is 11.4 Å². The van der Waals surface area contributed by atoms with Crippen LogP contribution in [0.2, 0.25) is 0 Å². The lowest BCUT2D eigenvalue weighted by Gasteiger charge is -2.27. The summed E-state index contributed by atoms with van der Waals surface area (Å²) in [5, 5.41) is 0.839. The number of alkyl halides is 1. The van der Waals surface area contributed by atoms with Crippen molar-refractivity contribution >= 4 is 15.9 Å². The van der Waals surface area contributed by atoms with Crippen molar-refractivity contribution in [2.45, 2.75) is 33.1 Å². The SMILES string of the molecule is CCCC(C)(CBr)Cc1cc(F)cc(F)c1. The van der Waals surface area contributed by atoms with Gasteiger partial charge in [-0.1, -0.05) is 36.2 Å². The molecule has 0 amide bonds. The predicted molar refractivity (Wildman–Crippen MR) is 66.9 cm³/mol. The second kappa shape index (κ2) is 5.76. The van der Waals surface area contributed by atoms with E-state index in [0.29, 0.717) is 6.42 Å². The highest BCUT2D eigenvalue weighted by molar-refractivity contribution is 9.09. The molecule has 0 saturated heterocycles. The van der Waals surface area contributed by atoms with Crippen LogP contribution in [-0.2, 0) is 6.42 Å². The van der Waals surface area contributed by atoms with E-state index in [0.717, 1.165) is 29.8 Å². The zero-order chi connectivity index (χ0) is 12.2. The summed E-state index contributed by atoms with van der Waals surface area (Å²) >= 11 is 3.48. The van der Waals surface area contributed by atoms with Gasteiger partial charge in [0.05, 0.1) is 0 Å². The number of hydrogen-bond acceptors (Lipinski definition) is 0. The van der Waals surface area contributed by atoms with Crippen molar-refractivity contribution in [3.8, 4) is 0 Å². The first-order valence-electron chi connectivity index (χ1n) is 5.50. The molecule has 0 radical (unpaired) electrons. The third kappa shape index (κ3) is 3.85. The van der Waals surface area contributed by atoms with Gasteiger partial charge in [-0.15, -0.1) is 0 Å². The molecule has 3 heteroatoms. The molecule has 0 spiro atoms. The fourth-order valence-electron chi connectivity index (χ4n) is 2.01. The van der Waals surface area contributed by atoms with Gasteiger partial charge in [0.1, 0.15) is 11.6 Å². The molecule has 16 heavy (non-hydrogen) atoms. The minimum absolute atomic E-state index is 0.0645. The van der Waals surface area contributed by atoms with Crippen LogP contribution in [0.5, 0.6) is 0 Å². The third-order valence-corrected chi connectivity index (χ3v) is 4.08. The zero-order valence-corrected chi connectivity index (χ0v) is 11.3. The first kappa shape index (κ1) is 13.6. The van der Waals surface area contributed by atoms with Gasteiger partial charge in [0.25, 0.3) is 0 Å². The van der Waals surface area contributed by atoms with Crippen LogP contribution in [0.1, 0.15) is 32.3 Å². The highest BCUT2D eigenvalue weighted by atomic mass is 79.9. The van der Waals surface area contributed by atoms with Crippen LogP contribution in [0.3, 0.4) is 0 Å². The quantitative estimate of drug-likeness (QED) is 0.689. The van der Waals surface area contributed by atoms with E-state index in [2.05, 4.69) is 29.8 Å². The lowest BCUT2D eigenvalue weighted by atomic mass is 9.82. The lowest BCUT2D eigenvalue weighted by molar-refractivity contribution is 0.339. The number of benzene rings is 1. The summed E-state index contributed by atoms with van der Waals surface area (Å²) in [6, 6.07) is 3.74. The first-order valence-corrected chi connectivity index (χ1v) is 6.62. The Morgan fingerprint density at radius 3 is 2.19 bits per heavy atom. The molecular formula is C13H17BrF2. The molecule has 0 N–H and O–H groups in total. The Kier molecular flexibility index (Phi) is 4.90. The van der Waals surface area contributed by atoms with Crippen molar-refractivity contribution in [2.24, 2.45) is 5.41 Å². The Morgan fingerprint density at radius 2 is 1.75 bits per heavy atom. The first-order chi connectivity index (χ1) is 7.49. The minimum atomic E-state index is -0.497. The largest absolute Gasteiger partial charge is 0.207 e. The molecule has 0 bridgehead atoms. The molecule has 0 aliphatic heterocycles. The molecule has 1 rings (SSSR count). The average molecular weight is 291 g/mol. The summed E-state index contributed by atoms with van der Waals surface area (Å²) in [7, 11) is 0. The van der Waals surface area contributed by atoms with Gasteiger partial charge in [0.15, 0.2) is 0 Å². The van der Waals surface area contributed by atoms with Gasteiger partial charge in [0.2, 0.25) is 0 Å². The summed E-state index contributed by atoms with van der Waals surface area (Å²) in [6.45, 7) is 4.25. The maximum absolute atomic E-state index is 13.0. The third-order valence-electron chi connectivity index (χ3n) is 2.73. The van der Waals surface area contributed by atoms with E-state index < -0.39 is 11.6 Å². The van der Waals surface area contributed by atoms with Crippen molar-refractivity contribution in [2.75, 3.05) is 5.33 Å². The van der Waals surface area contributed by atoms with Crippen molar-refractivity contribution in [1.29, 1.82) is 0 Å². The molecule has 1 atom stereocenters. The van der Waals surface area contributed by atoms with Gasteiger partial charge in [-0.3, -0.25) is 0 Å². The summed E-state index contributed by atoms with van der Waals surface area (Å²) < 4.78 is 26.1. The molecule has 0 nitrogen and oxygen atoms in total. The van der Waals surface area contributed by atoms with Crippen LogP contribution >= 0.6 is 15.9 Å². The highest BCUT2D eigenvalue weighted by Crippen LogP contribution is 2.30. The molecule has 0 aliphatic rings. The average Bonchev–Trinajstić information content (AvgIpc) is 2.16. The monoisotopic (exact) mass is 290 g/mol. The van der Waals surface area contributed by atoms with Gasteiger partial charge in [-0.05, 0) is 36.0 Å². The predicted octanol–water partition coefficient (Wildman–Crippen LogP) is 4.71. The molecule has 0 saturated carbocycles. The molecule has 1 aromatic rings. The minimum Gasteiger partial charge on any atom is -0.207 e. The van der Waals surface area contributed by atoms with E-state index in [1.54, 1.807) is 0 Å². The fourth-order valence-corrected chi connectivity index (χ4v) is 2.49. The van der Waals surface area contributed by atoms with Crippen LogP contribution in [0.25, 0.3) is 0 Å². The Bertz CT molecular complexity index is 332. The van der Waals surface area contributed by atoms with E-state index in [1.165, 1.54) is 12.1 Å². The van der Waals surface area contributed by atoms with Crippen LogP contribution in [0.15, 0.2) is 18.2 Å². The Hall–Kier alpha value is -0.440. The second-order valence-corrected chi connectivity index (χ2v) is 5.21. The number of rotatable bonds is 5. The van der Waals surface area contributed by atoms with E-state index in [4.69, 9.17) is 0 Å². The summed E-state index contributed by atoms with van der Waals surface area (Å²) in [6.07, 6.45) is 2.80. The molecule has 0 aliphatic carbocycles. The van der Waals surface area contributed by atoms with Crippen LogP contribution in [0, 0.1) is 17.0 Å². The number of hydrogen-bond donors (Lipinski definition) is 0. The van der Waals surface area contributed by atoms with Crippen molar-refractivity contribution in [1.82, 2.24) is 0 Å². The van der Waals surface area contributed by atoms with Gasteiger partial charge in [-0.25, -0.2) is 8.78 Å². The summed E-state index contributed by atoms with van der Waals surface area (Å²) in [5.41, 5.74) is 0.794. The molecule has 0 fully saturated rings. The number of halogens is 3. The summed E-state index contributed by atoms with van der Waals surface area (Å²) in [4.78, 5) is 0.